The van der Waals surface area contributed by atoms with Crippen LogP contribution in [0.3, 0.4) is 0 Å². The number of hydrogen-bond donors (Lipinski definition) is 2. The number of rotatable bonds is 2. The lowest BCUT2D eigenvalue weighted by molar-refractivity contribution is 0.276. The predicted molar refractivity (Wildman–Crippen MR) is 78.1 cm³/mol. The Balaban J connectivity index is 1.84. The number of ether oxygens (including phenoxy) is 1. The quantitative estimate of drug-likeness (QED) is 0.821. The molecule has 3 N–H and O–H groups in total. The highest BCUT2D eigenvalue weighted by molar-refractivity contribution is 7.99. The van der Waals surface area contributed by atoms with Gasteiger partial charge in [0.15, 0.2) is 5.16 Å². The molecule has 0 aliphatic carbocycles. The van der Waals surface area contributed by atoms with E-state index in [1.165, 1.54) is 17.8 Å². The molecule has 0 fully saturated rings. The number of H-pyrrole nitrogens is 1. The van der Waals surface area contributed by atoms with Crippen molar-refractivity contribution in [1.29, 1.82) is 0 Å². The Morgan fingerprint density at radius 2 is 2.25 bits per heavy atom. The second-order valence-corrected chi connectivity index (χ2v) is 5.95. The van der Waals surface area contributed by atoms with Crippen molar-refractivity contribution >= 4 is 11.8 Å². The summed E-state index contributed by atoms with van der Waals surface area (Å²) in [6, 6.07) is 9.09. The third-order valence-corrected chi connectivity index (χ3v) is 4.34. The number of thioether (sulfide) groups is 1. The average molecular weight is 289 g/mol. The highest BCUT2D eigenvalue weighted by atomic mass is 32.2. The standard InChI is InChI=1S/C14H15N3O2S/c1-8-6-12(18)17-14(16-8)20-11-7-19-10-5-3-2-4-9(10)13(11)15/h2-6,11,13H,7,15H2,1H3,(H,16,17,18). The SMILES string of the molecule is Cc1cc(=O)[nH]c(SC2COc3ccccc3C2N)n1. The smallest absolute Gasteiger partial charge is 0.251 e. The molecule has 1 aliphatic rings. The third-order valence-electron chi connectivity index (χ3n) is 3.19. The largest absolute Gasteiger partial charge is 0.492 e. The molecule has 1 aromatic heterocycles. The van der Waals surface area contributed by atoms with E-state index in [2.05, 4.69) is 9.97 Å². The van der Waals surface area contributed by atoms with Crippen molar-refractivity contribution < 1.29 is 4.74 Å². The number of benzene rings is 1. The third kappa shape index (κ3) is 2.57. The molecule has 0 saturated heterocycles. The molecule has 6 heteroatoms. The van der Waals surface area contributed by atoms with Crippen LogP contribution in [0.5, 0.6) is 5.75 Å². The number of nitrogens with two attached hydrogens (primary N) is 1. The van der Waals surface area contributed by atoms with E-state index in [0.717, 1.165) is 11.3 Å². The number of aryl methyl sites for hydroxylation is 1. The van der Waals surface area contributed by atoms with E-state index in [-0.39, 0.29) is 16.9 Å². The normalized spacial score (nSPS) is 21.1. The van der Waals surface area contributed by atoms with E-state index in [1.807, 2.05) is 24.3 Å². The summed E-state index contributed by atoms with van der Waals surface area (Å²) in [6.45, 7) is 2.30. The van der Waals surface area contributed by atoms with Crippen molar-refractivity contribution in [1.82, 2.24) is 9.97 Å². The van der Waals surface area contributed by atoms with Gasteiger partial charge in [0.05, 0.1) is 5.25 Å². The maximum atomic E-state index is 11.5. The maximum absolute atomic E-state index is 11.5. The summed E-state index contributed by atoms with van der Waals surface area (Å²) in [4.78, 5) is 18.5. The van der Waals surface area contributed by atoms with Gasteiger partial charge in [0.2, 0.25) is 0 Å². The topological polar surface area (TPSA) is 81.0 Å². The first-order valence-electron chi connectivity index (χ1n) is 6.35. The van der Waals surface area contributed by atoms with Gasteiger partial charge in [-0.15, -0.1) is 0 Å². The summed E-state index contributed by atoms with van der Waals surface area (Å²) in [5, 5.41) is 0.605. The molecule has 1 aliphatic heterocycles. The van der Waals surface area contributed by atoms with Crippen LogP contribution >= 0.6 is 11.8 Å². The highest BCUT2D eigenvalue weighted by Crippen LogP contribution is 2.37. The first-order chi connectivity index (χ1) is 9.63. The fourth-order valence-corrected chi connectivity index (χ4v) is 3.29. The van der Waals surface area contributed by atoms with Gasteiger partial charge in [-0.25, -0.2) is 4.98 Å². The number of hydrogen-bond acceptors (Lipinski definition) is 5. The molecule has 0 spiro atoms. The Morgan fingerprint density at radius 3 is 3.05 bits per heavy atom. The Bertz CT molecular complexity index is 686. The van der Waals surface area contributed by atoms with Gasteiger partial charge in [0.25, 0.3) is 5.56 Å². The van der Waals surface area contributed by atoms with Crippen LogP contribution in [0, 0.1) is 6.92 Å². The van der Waals surface area contributed by atoms with Crippen molar-refractivity contribution in [3.63, 3.8) is 0 Å². The minimum atomic E-state index is -0.148. The second kappa shape index (κ2) is 5.30. The molecule has 0 amide bonds. The Hall–Kier alpha value is -1.79. The molecule has 3 rings (SSSR count). The van der Waals surface area contributed by atoms with Crippen molar-refractivity contribution in [2.24, 2.45) is 5.73 Å². The van der Waals surface area contributed by atoms with Crippen LogP contribution in [0.15, 0.2) is 40.3 Å². The molecule has 104 valence electrons. The molecular weight excluding hydrogens is 274 g/mol. The Morgan fingerprint density at radius 1 is 1.45 bits per heavy atom. The maximum Gasteiger partial charge on any atom is 0.251 e. The van der Waals surface area contributed by atoms with Crippen LogP contribution in [0.1, 0.15) is 17.3 Å². The van der Waals surface area contributed by atoms with E-state index in [1.54, 1.807) is 6.92 Å². The molecule has 2 atom stereocenters. The lowest BCUT2D eigenvalue weighted by atomic mass is 10.0. The van der Waals surface area contributed by atoms with Crippen LogP contribution in [0.2, 0.25) is 0 Å². The van der Waals surface area contributed by atoms with Crippen molar-refractivity contribution in [2.75, 3.05) is 6.61 Å². The zero-order chi connectivity index (χ0) is 14.1. The summed E-state index contributed by atoms with van der Waals surface area (Å²) < 4.78 is 5.72. The van der Waals surface area contributed by atoms with E-state index >= 15 is 0 Å². The molecule has 2 heterocycles. The molecule has 5 nitrogen and oxygen atoms in total. The van der Waals surface area contributed by atoms with Gasteiger partial charge in [-0.05, 0) is 13.0 Å². The molecule has 2 aromatic rings. The van der Waals surface area contributed by atoms with Gasteiger partial charge in [-0.2, -0.15) is 0 Å². The summed E-state index contributed by atoms with van der Waals surface area (Å²) in [5.74, 6) is 0.836. The molecule has 0 bridgehead atoms. The fourth-order valence-electron chi connectivity index (χ4n) is 2.22. The van der Waals surface area contributed by atoms with Gasteiger partial charge in [-0.3, -0.25) is 4.79 Å². The van der Waals surface area contributed by atoms with E-state index < -0.39 is 0 Å². The second-order valence-electron chi connectivity index (χ2n) is 4.72. The molecule has 20 heavy (non-hydrogen) atoms. The zero-order valence-electron chi connectivity index (χ0n) is 11.0. The summed E-state index contributed by atoms with van der Waals surface area (Å²) in [6.07, 6.45) is 0. The lowest BCUT2D eigenvalue weighted by Gasteiger charge is -2.30. The van der Waals surface area contributed by atoms with Crippen molar-refractivity contribution in [3.8, 4) is 5.75 Å². The van der Waals surface area contributed by atoms with E-state index in [0.29, 0.717) is 17.5 Å². The van der Waals surface area contributed by atoms with Crippen LogP contribution in [0.4, 0.5) is 0 Å². The summed E-state index contributed by atoms with van der Waals surface area (Å²) >= 11 is 1.45. The number of nitrogens with one attached hydrogen (secondary N) is 1. The van der Waals surface area contributed by atoms with Gasteiger partial charge in [0.1, 0.15) is 12.4 Å². The van der Waals surface area contributed by atoms with E-state index in [9.17, 15) is 4.79 Å². The van der Waals surface area contributed by atoms with Gasteiger partial charge >= 0.3 is 0 Å². The minimum absolute atomic E-state index is 0.0230. The van der Waals surface area contributed by atoms with Crippen LogP contribution in [-0.2, 0) is 0 Å². The molecular formula is C14H15N3O2S. The van der Waals surface area contributed by atoms with Crippen molar-refractivity contribution in [2.45, 2.75) is 23.4 Å². The zero-order valence-corrected chi connectivity index (χ0v) is 11.8. The molecule has 0 radical (unpaired) electrons. The first kappa shape index (κ1) is 13.2. The van der Waals surface area contributed by atoms with Gasteiger partial charge < -0.3 is 15.5 Å². The summed E-state index contributed by atoms with van der Waals surface area (Å²) in [7, 11) is 0. The molecule has 1 aromatic carbocycles. The van der Waals surface area contributed by atoms with E-state index in [4.69, 9.17) is 10.5 Å². The molecule has 0 saturated carbocycles. The number of nitrogens with zero attached hydrogens (tertiary/aromatic N) is 1. The predicted octanol–water partition coefficient (Wildman–Crippen LogP) is 1.63. The first-order valence-corrected chi connectivity index (χ1v) is 7.23. The minimum Gasteiger partial charge on any atom is -0.492 e. The monoisotopic (exact) mass is 289 g/mol. The van der Waals surface area contributed by atoms with Crippen LogP contribution in [-0.4, -0.2) is 21.8 Å². The number of fused-ring (bicyclic) bond motifs is 1. The summed E-state index contributed by atoms with van der Waals surface area (Å²) in [5.41, 5.74) is 7.83. The Labute approximate surface area is 120 Å². The number of aromatic nitrogens is 2. The Kier molecular flexibility index (Phi) is 3.50. The number of para-hydroxylation sites is 1. The fraction of sp³-hybridized carbons (Fsp3) is 0.286. The van der Waals surface area contributed by atoms with Gasteiger partial charge in [0, 0.05) is 23.4 Å². The van der Waals surface area contributed by atoms with Gasteiger partial charge in [-0.1, -0.05) is 30.0 Å². The highest BCUT2D eigenvalue weighted by Gasteiger charge is 2.29. The van der Waals surface area contributed by atoms with Crippen LogP contribution < -0.4 is 16.0 Å². The van der Waals surface area contributed by atoms with Crippen molar-refractivity contribution in [3.05, 3.63) is 51.9 Å². The lowest BCUT2D eigenvalue weighted by Crippen LogP contribution is -2.34. The molecule has 2 unspecified atom stereocenters. The van der Waals surface area contributed by atoms with Crippen LogP contribution in [0.25, 0.3) is 0 Å². The number of aromatic amines is 1. The average Bonchev–Trinajstić information content (AvgIpc) is 2.41.